The molecule has 1 amide bonds. The predicted molar refractivity (Wildman–Crippen MR) is 124 cm³/mol. The molecule has 2 heterocycles. The Labute approximate surface area is 185 Å². The first-order valence-corrected chi connectivity index (χ1v) is 11.3. The van der Waals surface area contributed by atoms with Gasteiger partial charge in [-0.15, -0.1) is 0 Å². The maximum atomic E-state index is 13.4. The van der Waals surface area contributed by atoms with E-state index in [1.54, 1.807) is 12.1 Å². The normalized spacial score (nSPS) is 20.1. The Balaban J connectivity index is 1.65. The number of amides is 1. The number of para-hydroxylation sites is 1. The second-order valence-electron chi connectivity index (χ2n) is 9.02. The van der Waals surface area contributed by atoms with Gasteiger partial charge < -0.3 is 4.74 Å². The van der Waals surface area contributed by atoms with Gasteiger partial charge in [-0.1, -0.05) is 42.8 Å². The van der Waals surface area contributed by atoms with E-state index in [-0.39, 0.29) is 11.9 Å². The molecule has 0 unspecified atom stereocenters. The van der Waals surface area contributed by atoms with Gasteiger partial charge >= 0.3 is 0 Å². The fraction of sp³-hybridized carbons (Fsp3) is 0.462. The maximum Gasteiger partial charge on any atom is 0.257 e. The molecular formula is C26H33N3O2. The van der Waals surface area contributed by atoms with E-state index in [0.717, 1.165) is 54.4 Å². The number of carbonyl (C=O) groups excluding carboxylic acids is 1. The van der Waals surface area contributed by atoms with Crippen LogP contribution in [0.15, 0.2) is 47.6 Å². The molecule has 164 valence electrons. The van der Waals surface area contributed by atoms with Crippen LogP contribution in [-0.4, -0.2) is 48.3 Å². The van der Waals surface area contributed by atoms with Crippen molar-refractivity contribution in [3.8, 4) is 5.75 Å². The van der Waals surface area contributed by atoms with E-state index in [1.165, 1.54) is 11.1 Å². The largest absolute Gasteiger partial charge is 0.496 e. The number of hydrazone groups is 1. The first kappa shape index (κ1) is 21.6. The minimum Gasteiger partial charge on any atom is -0.496 e. The van der Waals surface area contributed by atoms with E-state index in [2.05, 4.69) is 43.9 Å². The van der Waals surface area contributed by atoms with E-state index in [9.17, 15) is 4.79 Å². The third-order valence-corrected chi connectivity index (χ3v) is 6.60. The van der Waals surface area contributed by atoms with Crippen molar-refractivity contribution in [3.63, 3.8) is 0 Å². The molecule has 2 aliphatic heterocycles. The van der Waals surface area contributed by atoms with Crippen LogP contribution < -0.4 is 4.74 Å². The van der Waals surface area contributed by atoms with Crippen LogP contribution in [0.1, 0.15) is 54.5 Å². The Hall–Kier alpha value is -2.66. The summed E-state index contributed by atoms with van der Waals surface area (Å²) in [5.74, 6) is 1.61. The molecule has 0 aromatic heterocycles. The molecule has 2 aromatic rings. The second kappa shape index (κ2) is 9.23. The lowest BCUT2D eigenvalue weighted by molar-refractivity contribution is -0.134. The molecule has 1 saturated heterocycles. The number of likely N-dealkylation sites (tertiary alicyclic amines) is 1. The molecule has 31 heavy (non-hydrogen) atoms. The SMILES string of the molecule is COc1ccccc1[C@@H]1CC(c2cc(C)ccc2C)=NN1C(=O)CN1CCC(C)CC1. The highest BCUT2D eigenvalue weighted by Gasteiger charge is 2.35. The first-order valence-electron chi connectivity index (χ1n) is 11.3. The van der Waals surface area contributed by atoms with Crippen molar-refractivity contribution in [2.24, 2.45) is 11.0 Å². The van der Waals surface area contributed by atoms with Crippen LogP contribution in [-0.2, 0) is 4.79 Å². The van der Waals surface area contributed by atoms with Gasteiger partial charge in [0.15, 0.2) is 0 Å². The summed E-state index contributed by atoms with van der Waals surface area (Å²) >= 11 is 0. The molecule has 0 saturated carbocycles. The summed E-state index contributed by atoms with van der Waals surface area (Å²) in [5, 5.41) is 6.61. The summed E-state index contributed by atoms with van der Waals surface area (Å²) in [6.45, 7) is 8.87. The Morgan fingerprint density at radius 3 is 2.61 bits per heavy atom. The van der Waals surface area contributed by atoms with Crippen molar-refractivity contribution in [1.82, 2.24) is 9.91 Å². The first-order chi connectivity index (χ1) is 15.0. The molecule has 0 radical (unpaired) electrons. The third kappa shape index (κ3) is 4.67. The van der Waals surface area contributed by atoms with E-state index in [1.807, 2.05) is 24.3 Å². The van der Waals surface area contributed by atoms with Gasteiger partial charge in [0.25, 0.3) is 5.91 Å². The molecule has 0 aliphatic carbocycles. The lowest BCUT2D eigenvalue weighted by Gasteiger charge is -2.31. The third-order valence-electron chi connectivity index (χ3n) is 6.60. The standard InChI is InChI=1S/C26H33N3O2/c1-18-11-13-28(14-12-18)17-26(30)29-24(21-7-5-6-8-25(21)31-4)16-23(27-29)22-15-19(2)9-10-20(22)3/h5-10,15,18,24H,11-14,16-17H2,1-4H3/t24-/m0/s1. The predicted octanol–water partition coefficient (Wildman–Crippen LogP) is 4.72. The number of hydrogen-bond acceptors (Lipinski definition) is 4. The van der Waals surface area contributed by atoms with Crippen molar-refractivity contribution < 1.29 is 9.53 Å². The average Bonchev–Trinajstić information content (AvgIpc) is 3.22. The van der Waals surface area contributed by atoms with Gasteiger partial charge in [-0.05, 0) is 63.4 Å². The van der Waals surface area contributed by atoms with Crippen molar-refractivity contribution >= 4 is 11.6 Å². The van der Waals surface area contributed by atoms with Crippen LogP contribution >= 0.6 is 0 Å². The van der Waals surface area contributed by atoms with E-state index >= 15 is 0 Å². The lowest BCUT2D eigenvalue weighted by Crippen LogP contribution is -2.41. The van der Waals surface area contributed by atoms with Crippen LogP contribution in [0.4, 0.5) is 0 Å². The quantitative estimate of drug-likeness (QED) is 0.704. The Morgan fingerprint density at radius 2 is 1.87 bits per heavy atom. The smallest absolute Gasteiger partial charge is 0.257 e. The monoisotopic (exact) mass is 419 g/mol. The number of methoxy groups -OCH3 is 1. The molecule has 2 aromatic carbocycles. The highest BCUT2D eigenvalue weighted by Crippen LogP contribution is 2.38. The minimum atomic E-state index is -0.151. The molecular weight excluding hydrogens is 386 g/mol. The van der Waals surface area contributed by atoms with Gasteiger partial charge in [-0.3, -0.25) is 9.69 Å². The molecule has 0 spiro atoms. The van der Waals surface area contributed by atoms with E-state index in [4.69, 9.17) is 9.84 Å². The van der Waals surface area contributed by atoms with Gasteiger partial charge in [-0.2, -0.15) is 5.10 Å². The van der Waals surface area contributed by atoms with Crippen LogP contribution in [0.25, 0.3) is 0 Å². The molecule has 1 fully saturated rings. The van der Waals surface area contributed by atoms with Gasteiger partial charge in [0.1, 0.15) is 5.75 Å². The van der Waals surface area contributed by atoms with Gasteiger partial charge in [0.2, 0.25) is 0 Å². The summed E-state index contributed by atoms with van der Waals surface area (Å²) in [5.41, 5.74) is 5.49. The highest BCUT2D eigenvalue weighted by molar-refractivity contribution is 6.04. The number of ether oxygens (including phenoxy) is 1. The summed E-state index contributed by atoms with van der Waals surface area (Å²) in [6.07, 6.45) is 2.99. The zero-order valence-corrected chi connectivity index (χ0v) is 19.1. The number of piperidine rings is 1. The molecule has 0 N–H and O–H groups in total. The molecule has 1 atom stereocenters. The fourth-order valence-electron chi connectivity index (χ4n) is 4.62. The number of benzene rings is 2. The Kier molecular flexibility index (Phi) is 6.42. The molecule has 5 nitrogen and oxygen atoms in total. The Bertz CT molecular complexity index is 976. The van der Waals surface area contributed by atoms with Gasteiger partial charge in [-0.25, -0.2) is 5.01 Å². The zero-order chi connectivity index (χ0) is 22.0. The van der Waals surface area contributed by atoms with E-state index < -0.39 is 0 Å². The van der Waals surface area contributed by atoms with Crippen molar-refractivity contribution in [1.29, 1.82) is 0 Å². The number of nitrogens with zero attached hydrogens (tertiary/aromatic N) is 3. The van der Waals surface area contributed by atoms with Crippen molar-refractivity contribution in [3.05, 3.63) is 64.7 Å². The fourth-order valence-corrected chi connectivity index (χ4v) is 4.62. The topological polar surface area (TPSA) is 45.1 Å². The number of aryl methyl sites for hydroxylation is 2. The minimum absolute atomic E-state index is 0.0609. The van der Waals surface area contributed by atoms with Crippen LogP contribution in [0.2, 0.25) is 0 Å². The van der Waals surface area contributed by atoms with Gasteiger partial charge in [0.05, 0.1) is 25.4 Å². The van der Waals surface area contributed by atoms with E-state index in [0.29, 0.717) is 13.0 Å². The number of rotatable bonds is 5. The highest BCUT2D eigenvalue weighted by atomic mass is 16.5. The maximum absolute atomic E-state index is 13.4. The molecule has 2 aliphatic rings. The van der Waals surface area contributed by atoms with Crippen LogP contribution in [0, 0.1) is 19.8 Å². The summed E-state index contributed by atoms with van der Waals surface area (Å²) in [7, 11) is 1.68. The van der Waals surface area contributed by atoms with Crippen molar-refractivity contribution in [2.45, 2.75) is 46.1 Å². The van der Waals surface area contributed by atoms with Crippen molar-refractivity contribution in [2.75, 3.05) is 26.7 Å². The second-order valence-corrected chi connectivity index (χ2v) is 9.02. The molecule has 5 heteroatoms. The number of hydrogen-bond donors (Lipinski definition) is 0. The van der Waals surface area contributed by atoms with Gasteiger partial charge in [0, 0.05) is 17.5 Å². The van der Waals surface area contributed by atoms with Crippen LogP contribution in [0.3, 0.4) is 0 Å². The molecule has 4 rings (SSSR count). The number of carbonyl (C=O) groups is 1. The summed E-state index contributed by atoms with van der Waals surface area (Å²) in [6, 6.07) is 14.2. The molecule has 0 bridgehead atoms. The average molecular weight is 420 g/mol. The van der Waals surface area contributed by atoms with Crippen LogP contribution in [0.5, 0.6) is 5.75 Å². The summed E-state index contributed by atoms with van der Waals surface area (Å²) < 4.78 is 5.63. The summed E-state index contributed by atoms with van der Waals surface area (Å²) in [4.78, 5) is 15.7. The zero-order valence-electron chi connectivity index (χ0n) is 19.1. The Morgan fingerprint density at radius 1 is 1.13 bits per heavy atom. The lowest BCUT2D eigenvalue weighted by atomic mass is 9.94.